The highest BCUT2D eigenvalue weighted by molar-refractivity contribution is 5.75. The summed E-state index contributed by atoms with van der Waals surface area (Å²) in [6.07, 6.45) is 4.57. The highest BCUT2D eigenvalue weighted by Crippen LogP contribution is 2.19. The number of nitrogens with zero attached hydrogens (tertiary/aromatic N) is 3. The third-order valence-electron chi connectivity index (χ3n) is 3.72. The van der Waals surface area contributed by atoms with Crippen molar-refractivity contribution < 1.29 is 0 Å². The van der Waals surface area contributed by atoms with Gasteiger partial charge in [0.25, 0.3) is 0 Å². The molecule has 2 heterocycles. The summed E-state index contributed by atoms with van der Waals surface area (Å²) in [6.45, 7) is 3.19. The molecule has 4 heteroatoms. The summed E-state index contributed by atoms with van der Waals surface area (Å²) in [5, 5.41) is 0. The van der Waals surface area contributed by atoms with E-state index < -0.39 is 0 Å². The predicted molar refractivity (Wildman–Crippen MR) is 86.1 cm³/mol. The van der Waals surface area contributed by atoms with Gasteiger partial charge in [-0.05, 0) is 36.6 Å². The van der Waals surface area contributed by atoms with E-state index in [4.69, 9.17) is 10.7 Å². The van der Waals surface area contributed by atoms with E-state index in [0.717, 1.165) is 42.7 Å². The van der Waals surface area contributed by atoms with Crippen LogP contribution in [0.2, 0.25) is 0 Å². The molecule has 4 nitrogen and oxygen atoms in total. The smallest absolute Gasteiger partial charge is 0.126 e. The SMILES string of the molecule is CCCn1c(CCc2cccnc2N)nc2ccccc21. The Kier molecular flexibility index (Phi) is 3.86. The summed E-state index contributed by atoms with van der Waals surface area (Å²) in [4.78, 5) is 8.92. The lowest BCUT2D eigenvalue weighted by atomic mass is 10.1. The quantitative estimate of drug-likeness (QED) is 0.780. The number of nitrogens with two attached hydrogens (primary N) is 1. The van der Waals surface area contributed by atoms with Crippen LogP contribution in [0.4, 0.5) is 5.82 Å². The third-order valence-corrected chi connectivity index (χ3v) is 3.72. The molecule has 0 saturated heterocycles. The van der Waals surface area contributed by atoms with Gasteiger partial charge in [-0.1, -0.05) is 25.1 Å². The molecule has 108 valence electrons. The van der Waals surface area contributed by atoms with Gasteiger partial charge in [-0.15, -0.1) is 0 Å². The van der Waals surface area contributed by atoms with E-state index in [1.54, 1.807) is 6.20 Å². The van der Waals surface area contributed by atoms with Gasteiger partial charge >= 0.3 is 0 Å². The molecule has 0 bridgehead atoms. The van der Waals surface area contributed by atoms with Crippen molar-refractivity contribution in [3.8, 4) is 0 Å². The Morgan fingerprint density at radius 3 is 2.76 bits per heavy atom. The van der Waals surface area contributed by atoms with E-state index in [2.05, 4.69) is 34.7 Å². The molecule has 3 aromatic rings. The summed E-state index contributed by atoms with van der Waals surface area (Å²) in [5.41, 5.74) is 9.29. The molecule has 0 fully saturated rings. The normalized spacial score (nSPS) is 11.1. The molecule has 0 aliphatic heterocycles. The zero-order valence-corrected chi connectivity index (χ0v) is 12.3. The summed E-state index contributed by atoms with van der Waals surface area (Å²) in [5.74, 6) is 1.75. The molecule has 0 unspecified atom stereocenters. The molecule has 0 amide bonds. The van der Waals surface area contributed by atoms with Gasteiger partial charge in [-0.2, -0.15) is 0 Å². The number of hydrogen-bond donors (Lipinski definition) is 1. The largest absolute Gasteiger partial charge is 0.383 e. The van der Waals surface area contributed by atoms with E-state index in [-0.39, 0.29) is 0 Å². The molecule has 0 aliphatic carbocycles. The minimum absolute atomic E-state index is 0.621. The molecule has 1 aromatic carbocycles. The predicted octanol–water partition coefficient (Wildman–Crippen LogP) is 3.21. The molecule has 0 atom stereocenters. The lowest BCUT2D eigenvalue weighted by Gasteiger charge is -2.08. The molecule has 2 N–H and O–H groups in total. The number of benzene rings is 1. The Hall–Kier alpha value is -2.36. The van der Waals surface area contributed by atoms with Crippen LogP contribution >= 0.6 is 0 Å². The third kappa shape index (κ3) is 2.75. The van der Waals surface area contributed by atoms with E-state index in [0.29, 0.717) is 5.82 Å². The van der Waals surface area contributed by atoms with Gasteiger partial charge in [-0.3, -0.25) is 0 Å². The molecule has 3 rings (SSSR count). The first-order valence-electron chi connectivity index (χ1n) is 7.43. The lowest BCUT2D eigenvalue weighted by molar-refractivity contribution is 0.650. The number of rotatable bonds is 5. The van der Waals surface area contributed by atoms with Gasteiger partial charge in [0, 0.05) is 19.2 Å². The highest BCUT2D eigenvalue weighted by atomic mass is 15.1. The maximum Gasteiger partial charge on any atom is 0.126 e. The molecule has 2 aromatic heterocycles. The lowest BCUT2D eigenvalue weighted by Crippen LogP contribution is -2.06. The molecular weight excluding hydrogens is 260 g/mol. The second kappa shape index (κ2) is 5.95. The van der Waals surface area contributed by atoms with Crippen molar-refractivity contribution in [2.75, 3.05) is 5.73 Å². The second-order valence-electron chi connectivity index (χ2n) is 5.22. The van der Waals surface area contributed by atoms with Gasteiger partial charge in [0.1, 0.15) is 11.6 Å². The van der Waals surface area contributed by atoms with Crippen LogP contribution in [0, 0.1) is 0 Å². The van der Waals surface area contributed by atoms with E-state index in [1.165, 1.54) is 5.52 Å². The molecule has 0 spiro atoms. The van der Waals surface area contributed by atoms with Crippen LogP contribution in [-0.4, -0.2) is 14.5 Å². The van der Waals surface area contributed by atoms with Crippen molar-refractivity contribution in [1.82, 2.24) is 14.5 Å². The first-order valence-corrected chi connectivity index (χ1v) is 7.43. The molecule has 21 heavy (non-hydrogen) atoms. The van der Waals surface area contributed by atoms with Gasteiger partial charge in [0.05, 0.1) is 11.0 Å². The minimum atomic E-state index is 0.621. The number of pyridine rings is 1. The van der Waals surface area contributed by atoms with Crippen molar-refractivity contribution in [3.63, 3.8) is 0 Å². The Morgan fingerprint density at radius 1 is 1.10 bits per heavy atom. The van der Waals surface area contributed by atoms with Crippen LogP contribution in [0.15, 0.2) is 42.6 Å². The first-order chi connectivity index (χ1) is 10.3. The van der Waals surface area contributed by atoms with Gasteiger partial charge in [0.15, 0.2) is 0 Å². The fourth-order valence-electron chi connectivity index (χ4n) is 2.70. The van der Waals surface area contributed by atoms with E-state index in [1.807, 2.05) is 18.2 Å². The highest BCUT2D eigenvalue weighted by Gasteiger charge is 2.10. The van der Waals surface area contributed by atoms with Crippen LogP contribution in [-0.2, 0) is 19.4 Å². The minimum Gasteiger partial charge on any atom is -0.383 e. The van der Waals surface area contributed by atoms with Crippen LogP contribution in [0.25, 0.3) is 11.0 Å². The Bertz CT molecular complexity index is 745. The number of imidazole rings is 1. The van der Waals surface area contributed by atoms with E-state index in [9.17, 15) is 0 Å². The van der Waals surface area contributed by atoms with Crippen molar-refractivity contribution in [2.24, 2.45) is 0 Å². The number of aryl methyl sites for hydroxylation is 3. The molecule has 0 radical (unpaired) electrons. The van der Waals surface area contributed by atoms with Crippen molar-refractivity contribution >= 4 is 16.9 Å². The fourth-order valence-corrected chi connectivity index (χ4v) is 2.70. The monoisotopic (exact) mass is 280 g/mol. The number of anilines is 1. The maximum atomic E-state index is 5.92. The molecule has 0 aliphatic rings. The van der Waals surface area contributed by atoms with Crippen molar-refractivity contribution in [1.29, 1.82) is 0 Å². The van der Waals surface area contributed by atoms with Gasteiger partial charge in [0.2, 0.25) is 0 Å². The first kappa shape index (κ1) is 13.6. The van der Waals surface area contributed by atoms with Crippen LogP contribution in [0.3, 0.4) is 0 Å². The standard InChI is InChI=1S/C17H20N4/c1-2-12-21-15-8-4-3-7-14(15)20-16(21)10-9-13-6-5-11-19-17(13)18/h3-8,11H,2,9-10,12H2,1H3,(H2,18,19). The number of aromatic nitrogens is 3. The summed E-state index contributed by atoms with van der Waals surface area (Å²) >= 11 is 0. The van der Waals surface area contributed by atoms with Gasteiger partial charge in [-0.25, -0.2) is 9.97 Å². The van der Waals surface area contributed by atoms with Gasteiger partial charge < -0.3 is 10.3 Å². The number of fused-ring (bicyclic) bond motifs is 1. The average molecular weight is 280 g/mol. The van der Waals surface area contributed by atoms with Crippen molar-refractivity contribution in [2.45, 2.75) is 32.7 Å². The molecule has 0 saturated carbocycles. The summed E-state index contributed by atoms with van der Waals surface area (Å²) in [7, 11) is 0. The topological polar surface area (TPSA) is 56.7 Å². The zero-order valence-electron chi connectivity index (χ0n) is 12.3. The van der Waals surface area contributed by atoms with Crippen molar-refractivity contribution in [3.05, 3.63) is 54.0 Å². The Balaban J connectivity index is 1.89. The molecular formula is C17H20N4. The van der Waals surface area contributed by atoms with E-state index >= 15 is 0 Å². The second-order valence-corrected chi connectivity index (χ2v) is 5.22. The average Bonchev–Trinajstić information content (AvgIpc) is 2.85. The zero-order chi connectivity index (χ0) is 14.7. The van der Waals surface area contributed by atoms with Crippen LogP contribution in [0.5, 0.6) is 0 Å². The van der Waals surface area contributed by atoms with Crippen LogP contribution < -0.4 is 5.73 Å². The number of nitrogen functional groups attached to an aromatic ring is 1. The maximum absolute atomic E-state index is 5.92. The van der Waals surface area contributed by atoms with Crippen LogP contribution in [0.1, 0.15) is 24.7 Å². The number of hydrogen-bond acceptors (Lipinski definition) is 3. The Morgan fingerprint density at radius 2 is 1.95 bits per heavy atom. The summed E-state index contributed by atoms with van der Waals surface area (Å²) < 4.78 is 2.32. The number of para-hydroxylation sites is 2. The fraction of sp³-hybridized carbons (Fsp3) is 0.294. The Labute approximate surface area is 124 Å². The summed E-state index contributed by atoms with van der Waals surface area (Å²) in [6, 6.07) is 12.3.